The third-order valence-electron chi connectivity index (χ3n) is 4.92. The molecule has 2 aromatic rings. The van der Waals surface area contributed by atoms with Gasteiger partial charge in [0.15, 0.2) is 11.5 Å². The smallest absolute Gasteiger partial charge is 0.409 e. The van der Waals surface area contributed by atoms with Crippen molar-refractivity contribution in [2.75, 3.05) is 32.7 Å². The second-order valence-electron chi connectivity index (χ2n) is 6.69. The summed E-state index contributed by atoms with van der Waals surface area (Å²) >= 11 is 1.24. The number of hydrogen-bond acceptors (Lipinski definition) is 8. The van der Waals surface area contributed by atoms with E-state index < -0.39 is 24.1 Å². The second-order valence-corrected chi connectivity index (χ2v) is 7.80. The zero-order chi connectivity index (χ0) is 21.3. The summed E-state index contributed by atoms with van der Waals surface area (Å²) in [5.41, 5.74) is 1.08. The minimum atomic E-state index is -0.865. The van der Waals surface area contributed by atoms with Crippen LogP contribution in [-0.2, 0) is 27.2 Å². The van der Waals surface area contributed by atoms with Crippen molar-refractivity contribution in [2.24, 2.45) is 0 Å². The standard InChI is InChI=1S/C20H20N2O7S/c1-26-19(24)16-11-7-8-22(20(25)27-2)9-15(11)30-18(16)21-17(23)14-10-28-12-5-3-4-6-13(12)29-14/h3-6,14H,7-10H2,1-2H3,(H,21,23)/t14-/m0/s1. The largest absolute Gasteiger partial charge is 0.485 e. The molecule has 1 atom stereocenters. The van der Waals surface area contributed by atoms with Crippen molar-refractivity contribution in [3.63, 3.8) is 0 Å². The number of amides is 2. The maximum absolute atomic E-state index is 12.8. The molecule has 0 saturated heterocycles. The average molecular weight is 432 g/mol. The van der Waals surface area contributed by atoms with E-state index in [4.69, 9.17) is 18.9 Å². The summed E-state index contributed by atoms with van der Waals surface area (Å²) in [4.78, 5) is 39.5. The van der Waals surface area contributed by atoms with Gasteiger partial charge < -0.3 is 29.2 Å². The number of carbonyl (C=O) groups is 3. The third-order valence-corrected chi connectivity index (χ3v) is 6.05. The van der Waals surface area contributed by atoms with Gasteiger partial charge in [-0.05, 0) is 24.1 Å². The Hall–Kier alpha value is -3.27. The number of benzene rings is 1. The highest BCUT2D eigenvalue weighted by molar-refractivity contribution is 7.17. The minimum Gasteiger partial charge on any atom is -0.485 e. The second kappa shape index (κ2) is 8.23. The Morgan fingerprint density at radius 3 is 2.67 bits per heavy atom. The van der Waals surface area contributed by atoms with Gasteiger partial charge in [-0.2, -0.15) is 0 Å². The van der Waals surface area contributed by atoms with Crippen LogP contribution in [-0.4, -0.2) is 56.3 Å². The summed E-state index contributed by atoms with van der Waals surface area (Å²) in [6, 6.07) is 7.09. The van der Waals surface area contributed by atoms with Crippen LogP contribution in [0.4, 0.5) is 9.80 Å². The van der Waals surface area contributed by atoms with Crippen molar-refractivity contribution >= 4 is 34.3 Å². The van der Waals surface area contributed by atoms with Gasteiger partial charge in [-0.15, -0.1) is 11.3 Å². The normalized spacial score (nSPS) is 17.0. The molecular formula is C20H20N2O7S. The third kappa shape index (κ3) is 3.65. The first kappa shape index (κ1) is 20.0. The Kier molecular flexibility index (Phi) is 5.49. The molecule has 0 fully saturated rings. The number of hydrogen-bond donors (Lipinski definition) is 1. The molecule has 10 heteroatoms. The molecule has 0 saturated carbocycles. The van der Waals surface area contributed by atoms with E-state index >= 15 is 0 Å². The van der Waals surface area contributed by atoms with Crippen LogP contribution in [0.1, 0.15) is 20.8 Å². The number of fused-ring (bicyclic) bond motifs is 2. The summed E-state index contributed by atoms with van der Waals surface area (Å²) < 4.78 is 21.0. The van der Waals surface area contributed by atoms with Crippen molar-refractivity contribution in [1.82, 2.24) is 4.90 Å². The highest BCUT2D eigenvalue weighted by Crippen LogP contribution is 2.38. The fourth-order valence-corrected chi connectivity index (χ4v) is 4.69. The predicted octanol–water partition coefficient (Wildman–Crippen LogP) is 2.44. The Morgan fingerprint density at radius 2 is 1.93 bits per heavy atom. The van der Waals surface area contributed by atoms with Gasteiger partial charge in [0.25, 0.3) is 5.91 Å². The summed E-state index contributed by atoms with van der Waals surface area (Å²) in [5.74, 6) is 0.0844. The molecule has 1 aromatic heterocycles. The Balaban J connectivity index is 1.57. The maximum Gasteiger partial charge on any atom is 0.409 e. The van der Waals surface area contributed by atoms with E-state index in [0.717, 1.165) is 10.4 Å². The van der Waals surface area contributed by atoms with E-state index in [0.29, 0.717) is 41.6 Å². The fraction of sp³-hybridized carbons (Fsp3) is 0.350. The van der Waals surface area contributed by atoms with E-state index in [9.17, 15) is 14.4 Å². The van der Waals surface area contributed by atoms with Crippen LogP contribution in [0, 0.1) is 0 Å². The van der Waals surface area contributed by atoms with Crippen molar-refractivity contribution < 1.29 is 33.3 Å². The van der Waals surface area contributed by atoms with Crippen LogP contribution in [0.5, 0.6) is 11.5 Å². The Labute approximate surface area is 176 Å². The maximum atomic E-state index is 12.8. The van der Waals surface area contributed by atoms with E-state index in [1.54, 1.807) is 23.1 Å². The van der Waals surface area contributed by atoms with Gasteiger partial charge in [0.1, 0.15) is 11.6 Å². The molecule has 0 unspecified atom stereocenters. The molecule has 0 radical (unpaired) electrons. The lowest BCUT2D eigenvalue weighted by Crippen LogP contribution is -2.40. The number of anilines is 1. The number of methoxy groups -OCH3 is 2. The van der Waals surface area contributed by atoms with Crippen LogP contribution < -0.4 is 14.8 Å². The molecule has 0 aliphatic carbocycles. The van der Waals surface area contributed by atoms with Gasteiger partial charge in [-0.1, -0.05) is 12.1 Å². The Bertz CT molecular complexity index is 1000. The first-order chi connectivity index (χ1) is 14.5. The molecule has 9 nitrogen and oxygen atoms in total. The Morgan fingerprint density at radius 1 is 1.17 bits per heavy atom. The molecule has 158 valence electrons. The lowest BCUT2D eigenvalue weighted by atomic mass is 10.0. The molecule has 0 spiro atoms. The number of esters is 1. The van der Waals surface area contributed by atoms with Gasteiger partial charge in [-0.25, -0.2) is 9.59 Å². The van der Waals surface area contributed by atoms with Gasteiger partial charge in [0.2, 0.25) is 6.10 Å². The van der Waals surface area contributed by atoms with Crippen LogP contribution >= 0.6 is 11.3 Å². The van der Waals surface area contributed by atoms with E-state index in [2.05, 4.69) is 5.32 Å². The van der Waals surface area contributed by atoms with Crippen molar-refractivity contribution in [1.29, 1.82) is 0 Å². The van der Waals surface area contributed by atoms with Gasteiger partial charge >= 0.3 is 12.1 Å². The minimum absolute atomic E-state index is 0.0532. The number of nitrogens with zero attached hydrogens (tertiary/aromatic N) is 1. The van der Waals surface area contributed by atoms with Crippen LogP contribution in [0.25, 0.3) is 0 Å². The fourth-order valence-electron chi connectivity index (χ4n) is 3.44. The molecule has 3 heterocycles. The van der Waals surface area contributed by atoms with E-state index in [1.165, 1.54) is 25.6 Å². The number of ether oxygens (including phenoxy) is 4. The van der Waals surface area contributed by atoms with Crippen molar-refractivity contribution in [3.05, 3.63) is 40.3 Å². The zero-order valence-electron chi connectivity index (χ0n) is 16.4. The highest BCUT2D eigenvalue weighted by Gasteiger charge is 2.33. The molecular weight excluding hydrogens is 412 g/mol. The highest BCUT2D eigenvalue weighted by atomic mass is 32.1. The number of nitrogens with one attached hydrogen (secondary N) is 1. The van der Waals surface area contributed by atoms with E-state index in [-0.39, 0.29) is 6.61 Å². The van der Waals surface area contributed by atoms with Gasteiger partial charge in [0.05, 0.1) is 26.3 Å². The van der Waals surface area contributed by atoms with Gasteiger partial charge in [-0.3, -0.25) is 4.79 Å². The monoisotopic (exact) mass is 432 g/mol. The molecule has 2 aliphatic rings. The lowest BCUT2D eigenvalue weighted by molar-refractivity contribution is -0.125. The van der Waals surface area contributed by atoms with Crippen LogP contribution in [0.2, 0.25) is 0 Å². The number of carbonyl (C=O) groups excluding carboxylic acids is 3. The number of thiophene rings is 1. The molecule has 30 heavy (non-hydrogen) atoms. The van der Waals surface area contributed by atoms with Crippen molar-refractivity contribution in [3.8, 4) is 11.5 Å². The molecule has 1 N–H and O–H groups in total. The predicted molar refractivity (Wildman–Crippen MR) is 107 cm³/mol. The first-order valence-corrected chi connectivity index (χ1v) is 10.1. The quantitative estimate of drug-likeness (QED) is 0.743. The zero-order valence-corrected chi connectivity index (χ0v) is 17.2. The molecule has 0 bridgehead atoms. The first-order valence-electron chi connectivity index (χ1n) is 9.27. The van der Waals surface area contributed by atoms with Crippen LogP contribution in [0.3, 0.4) is 0 Å². The van der Waals surface area contributed by atoms with Crippen LogP contribution in [0.15, 0.2) is 24.3 Å². The van der Waals surface area contributed by atoms with Gasteiger partial charge in [0, 0.05) is 11.4 Å². The summed E-state index contributed by atoms with van der Waals surface area (Å²) in [6.07, 6.45) is -0.848. The molecule has 2 aliphatic heterocycles. The SMILES string of the molecule is COC(=O)c1c(NC(=O)[C@@H]2COc3ccccc3O2)sc2c1CCN(C(=O)OC)C2. The molecule has 1 aromatic carbocycles. The summed E-state index contributed by atoms with van der Waals surface area (Å²) in [5, 5.41) is 3.15. The topological polar surface area (TPSA) is 103 Å². The summed E-state index contributed by atoms with van der Waals surface area (Å²) in [7, 11) is 2.61. The summed E-state index contributed by atoms with van der Waals surface area (Å²) in [6.45, 7) is 0.755. The number of para-hydroxylation sites is 2. The average Bonchev–Trinajstić information content (AvgIpc) is 3.14. The number of rotatable bonds is 3. The van der Waals surface area contributed by atoms with E-state index in [1.807, 2.05) is 6.07 Å². The molecule has 4 rings (SSSR count). The van der Waals surface area contributed by atoms with Crippen molar-refractivity contribution in [2.45, 2.75) is 19.1 Å². The lowest BCUT2D eigenvalue weighted by Gasteiger charge is -2.25. The molecule has 2 amide bonds.